The van der Waals surface area contributed by atoms with Crippen molar-refractivity contribution in [1.82, 2.24) is 9.97 Å². The Kier molecular flexibility index (Phi) is 3.39. The predicted octanol–water partition coefficient (Wildman–Crippen LogP) is 1.14. The Hall–Kier alpha value is -1.16. The summed E-state index contributed by atoms with van der Waals surface area (Å²) >= 11 is 0. The first kappa shape index (κ1) is 11.3. The quantitative estimate of drug-likeness (QED) is 0.830. The summed E-state index contributed by atoms with van der Waals surface area (Å²) in [6.07, 6.45) is 6.37. The molecule has 1 aliphatic rings. The number of anilines is 1. The van der Waals surface area contributed by atoms with Crippen LogP contribution in [0.4, 0.5) is 5.82 Å². The Bertz CT molecular complexity index is 364. The molecule has 0 aromatic carbocycles. The number of aryl methyl sites for hydroxylation is 1. The van der Waals surface area contributed by atoms with Gasteiger partial charge in [0, 0.05) is 30.9 Å². The molecule has 0 amide bonds. The highest BCUT2D eigenvalue weighted by molar-refractivity contribution is 5.49. The molecule has 0 fully saturated rings. The van der Waals surface area contributed by atoms with Crippen molar-refractivity contribution in [2.75, 3.05) is 18.5 Å². The Balaban J connectivity index is 2.33. The first-order chi connectivity index (χ1) is 7.74. The number of nitrogens with zero attached hydrogens (tertiary/aromatic N) is 3. The number of hydrogen-bond donors (Lipinski definition) is 1. The van der Waals surface area contributed by atoms with E-state index in [1.54, 1.807) is 6.33 Å². The molecule has 4 nitrogen and oxygen atoms in total. The molecule has 0 saturated heterocycles. The second-order valence-electron chi connectivity index (χ2n) is 4.53. The molecule has 88 valence electrons. The molecule has 0 spiro atoms. The van der Waals surface area contributed by atoms with Gasteiger partial charge in [0.1, 0.15) is 12.1 Å². The highest BCUT2D eigenvalue weighted by Gasteiger charge is 2.19. The van der Waals surface area contributed by atoms with Gasteiger partial charge in [-0.15, -0.1) is 0 Å². The summed E-state index contributed by atoms with van der Waals surface area (Å²) in [5, 5.41) is 0. The standard InChI is InChI=1S/C12H20N4/c1-9(7-13)16(2)12-10-5-3-4-6-11(10)14-8-15-12/h8-9H,3-7,13H2,1-2H3. The molecule has 0 saturated carbocycles. The second kappa shape index (κ2) is 4.78. The largest absolute Gasteiger partial charge is 0.355 e. The lowest BCUT2D eigenvalue weighted by molar-refractivity contribution is 0.639. The summed E-state index contributed by atoms with van der Waals surface area (Å²) < 4.78 is 0. The molecule has 2 rings (SSSR count). The zero-order valence-corrected chi connectivity index (χ0v) is 10.1. The van der Waals surface area contributed by atoms with E-state index in [0.717, 1.165) is 18.7 Å². The second-order valence-corrected chi connectivity index (χ2v) is 4.53. The smallest absolute Gasteiger partial charge is 0.135 e. The van der Waals surface area contributed by atoms with Crippen LogP contribution < -0.4 is 10.6 Å². The molecule has 1 aliphatic carbocycles. The Morgan fingerprint density at radius 3 is 2.88 bits per heavy atom. The normalized spacial score (nSPS) is 16.7. The molecule has 2 N–H and O–H groups in total. The van der Waals surface area contributed by atoms with Crippen LogP contribution in [0.1, 0.15) is 31.0 Å². The van der Waals surface area contributed by atoms with Gasteiger partial charge in [0.25, 0.3) is 0 Å². The molecule has 0 radical (unpaired) electrons. The molecule has 16 heavy (non-hydrogen) atoms. The van der Waals surface area contributed by atoms with Crippen molar-refractivity contribution in [2.45, 2.75) is 38.6 Å². The summed E-state index contributed by atoms with van der Waals surface area (Å²) in [7, 11) is 2.06. The Labute approximate surface area is 96.9 Å². The van der Waals surface area contributed by atoms with Crippen LogP contribution in [0.25, 0.3) is 0 Å². The topological polar surface area (TPSA) is 55.0 Å². The third kappa shape index (κ3) is 2.02. The van der Waals surface area contributed by atoms with Gasteiger partial charge in [0.2, 0.25) is 0 Å². The highest BCUT2D eigenvalue weighted by Crippen LogP contribution is 2.27. The van der Waals surface area contributed by atoms with Crippen LogP contribution in [-0.4, -0.2) is 29.6 Å². The van der Waals surface area contributed by atoms with Crippen LogP contribution in [-0.2, 0) is 12.8 Å². The highest BCUT2D eigenvalue weighted by atomic mass is 15.2. The average Bonchev–Trinajstić information content (AvgIpc) is 2.36. The maximum Gasteiger partial charge on any atom is 0.135 e. The van der Waals surface area contributed by atoms with E-state index in [-0.39, 0.29) is 0 Å². The number of aromatic nitrogens is 2. The summed E-state index contributed by atoms with van der Waals surface area (Å²) in [4.78, 5) is 11.0. The Morgan fingerprint density at radius 1 is 1.38 bits per heavy atom. The number of fused-ring (bicyclic) bond motifs is 1. The van der Waals surface area contributed by atoms with Crippen LogP contribution >= 0.6 is 0 Å². The van der Waals surface area contributed by atoms with Crippen molar-refractivity contribution in [1.29, 1.82) is 0 Å². The van der Waals surface area contributed by atoms with E-state index in [2.05, 4.69) is 28.8 Å². The molecule has 1 atom stereocenters. The molecule has 1 heterocycles. The van der Waals surface area contributed by atoms with Gasteiger partial charge in [-0.05, 0) is 32.6 Å². The summed E-state index contributed by atoms with van der Waals surface area (Å²) in [5.74, 6) is 1.07. The Morgan fingerprint density at radius 2 is 2.12 bits per heavy atom. The van der Waals surface area contributed by atoms with E-state index in [1.807, 2.05) is 0 Å². The van der Waals surface area contributed by atoms with E-state index < -0.39 is 0 Å². The van der Waals surface area contributed by atoms with E-state index in [0.29, 0.717) is 12.6 Å². The van der Waals surface area contributed by atoms with E-state index in [9.17, 15) is 0 Å². The third-order valence-electron chi connectivity index (χ3n) is 3.44. The lowest BCUT2D eigenvalue weighted by atomic mass is 9.96. The van der Waals surface area contributed by atoms with Gasteiger partial charge in [-0.3, -0.25) is 0 Å². The minimum absolute atomic E-state index is 0.320. The van der Waals surface area contributed by atoms with Crippen LogP contribution in [0.5, 0.6) is 0 Å². The fourth-order valence-electron chi connectivity index (χ4n) is 2.17. The fraction of sp³-hybridized carbons (Fsp3) is 0.667. The predicted molar refractivity (Wildman–Crippen MR) is 65.6 cm³/mol. The lowest BCUT2D eigenvalue weighted by Crippen LogP contribution is -2.36. The van der Waals surface area contributed by atoms with Crippen LogP contribution in [0.15, 0.2) is 6.33 Å². The van der Waals surface area contributed by atoms with Crippen molar-refractivity contribution < 1.29 is 0 Å². The van der Waals surface area contributed by atoms with Gasteiger partial charge < -0.3 is 10.6 Å². The average molecular weight is 220 g/mol. The zero-order valence-electron chi connectivity index (χ0n) is 10.1. The number of hydrogen-bond acceptors (Lipinski definition) is 4. The molecule has 0 bridgehead atoms. The van der Waals surface area contributed by atoms with Crippen LogP contribution in [0.2, 0.25) is 0 Å². The number of rotatable bonds is 3. The van der Waals surface area contributed by atoms with Crippen molar-refractivity contribution in [2.24, 2.45) is 5.73 Å². The molecular formula is C12H20N4. The van der Waals surface area contributed by atoms with Gasteiger partial charge in [0.05, 0.1) is 0 Å². The number of nitrogens with two attached hydrogens (primary N) is 1. The fourth-order valence-corrected chi connectivity index (χ4v) is 2.17. The molecule has 1 aromatic rings. The van der Waals surface area contributed by atoms with Crippen molar-refractivity contribution >= 4 is 5.82 Å². The third-order valence-corrected chi connectivity index (χ3v) is 3.44. The van der Waals surface area contributed by atoms with Crippen molar-refractivity contribution in [3.05, 3.63) is 17.6 Å². The van der Waals surface area contributed by atoms with E-state index >= 15 is 0 Å². The van der Waals surface area contributed by atoms with Crippen molar-refractivity contribution in [3.63, 3.8) is 0 Å². The van der Waals surface area contributed by atoms with Gasteiger partial charge in [-0.2, -0.15) is 0 Å². The minimum atomic E-state index is 0.320. The molecule has 1 aromatic heterocycles. The van der Waals surface area contributed by atoms with Crippen molar-refractivity contribution in [3.8, 4) is 0 Å². The maximum atomic E-state index is 5.70. The molecule has 0 aliphatic heterocycles. The molecule has 4 heteroatoms. The SMILES string of the molecule is CC(CN)N(C)c1ncnc2c1CCCC2. The van der Waals surface area contributed by atoms with Crippen LogP contribution in [0, 0.1) is 0 Å². The van der Waals surface area contributed by atoms with Crippen LogP contribution in [0.3, 0.4) is 0 Å². The summed E-state index contributed by atoms with van der Waals surface area (Å²) in [6.45, 7) is 2.77. The molecular weight excluding hydrogens is 200 g/mol. The lowest BCUT2D eigenvalue weighted by Gasteiger charge is -2.28. The zero-order chi connectivity index (χ0) is 11.5. The van der Waals surface area contributed by atoms with Gasteiger partial charge in [-0.1, -0.05) is 0 Å². The van der Waals surface area contributed by atoms with Gasteiger partial charge in [0.15, 0.2) is 0 Å². The first-order valence-electron chi connectivity index (χ1n) is 5.99. The molecule has 1 unspecified atom stereocenters. The first-order valence-corrected chi connectivity index (χ1v) is 5.99. The van der Waals surface area contributed by atoms with E-state index in [4.69, 9.17) is 5.73 Å². The minimum Gasteiger partial charge on any atom is -0.355 e. The summed E-state index contributed by atoms with van der Waals surface area (Å²) in [5.41, 5.74) is 8.26. The van der Waals surface area contributed by atoms with E-state index in [1.165, 1.54) is 24.1 Å². The number of likely N-dealkylation sites (N-methyl/N-ethyl adjacent to an activating group) is 1. The maximum absolute atomic E-state index is 5.70. The monoisotopic (exact) mass is 220 g/mol. The summed E-state index contributed by atoms with van der Waals surface area (Å²) in [6, 6.07) is 0.320. The van der Waals surface area contributed by atoms with Gasteiger partial charge in [-0.25, -0.2) is 9.97 Å². The van der Waals surface area contributed by atoms with Gasteiger partial charge >= 0.3 is 0 Å².